The van der Waals surface area contributed by atoms with Gasteiger partial charge in [0.15, 0.2) is 9.84 Å². The van der Waals surface area contributed by atoms with Gasteiger partial charge in [0.05, 0.1) is 27.7 Å². The minimum atomic E-state index is -4.84. The van der Waals surface area contributed by atoms with Crippen LogP contribution in [0.5, 0.6) is 5.75 Å². The average Bonchev–Trinajstić information content (AvgIpc) is 3.42. The van der Waals surface area contributed by atoms with Gasteiger partial charge in [-0.2, -0.15) is 18.4 Å². The molecular formula is C23H21F3N2O4S. The predicted molar refractivity (Wildman–Crippen MR) is 112 cm³/mol. The zero-order valence-corrected chi connectivity index (χ0v) is 18.2. The summed E-state index contributed by atoms with van der Waals surface area (Å²) in [7, 11) is -4.42. The average molecular weight is 478 g/mol. The van der Waals surface area contributed by atoms with Gasteiger partial charge in [0.1, 0.15) is 17.4 Å². The SMILES string of the molecule is N#CC1(NC(=O)[C@@H]2C[C@@H](S(=O)(=O)c3ccccc3C(F)(F)F)C[C@H]2Oc2ccccc2)CC1. The topological polar surface area (TPSA) is 96.3 Å². The predicted octanol–water partition coefficient (Wildman–Crippen LogP) is 3.88. The van der Waals surface area contributed by atoms with Crippen molar-refractivity contribution in [3.05, 3.63) is 60.2 Å². The fourth-order valence-electron chi connectivity index (χ4n) is 4.13. The molecule has 0 bridgehead atoms. The van der Waals surface area contributed by atoms with E-state index in [9.17, 15) is 31.6 Å². The Bertz CT molecular complexity index is 1190. The molecule has 0 aromatic heterocycles. The van der Waals surface area contributed by atoms with Crippen LogP contribution in [0.4, 0.5) is 13.2 Å². The first-order valence-corrected chi connectivity index (χ1v) is 12.0. The molecule has 1 amide bonds. The van der Waals surface area contributed by atoms with E-state index in [1.807, 2.05) is 6.07 Å². The second-order valence-corrected chi connectivity index (χ2v) is 10.6. The summed E-state index contributed by atoms with van der Waals surface area (Å²) in [6.45, 7) is 0. The van der Waals surface area contributed by atoms with Crippen molar-refractivity contribution in [2.45, 2.75) is 53.6 Å². The normalized spacial score (nSPS) is 24.0. The molecule has 174 valence electrons. The summed E-state index contributed by atoms with van der Waals surface area (Å²) < 4.78 is 72.9. The van der Waals surface area contributed by atoms with Crippen LogP contribution in [0.2, 0.25) is 0 Å². The molecule has 6 nitrogen and oxygen atoms in total. The summed E-state index contributed by atoms with van der Waals surface area (Å²) in [6.07, 6.45) is -5.09. The molecular weight excluding hydrogens is 457 g/mol. The molecule has 0 unspecified atom stereocenters. The monoisotopic (exact) mass is 478 g/mol. The highest BCUT2D eigenvalue weighted by Gasteiger charge is 2.51. The first kappa shape index (κ1) is 23.1. The molecule has 4 rings (SSSR count). The molecule has 0 saturated heterocycles. The molecule has 33 heavy (non-hydrogen) atoms. The van der Waals surface area contributed by atoms with E-state index in [-0.39, 0.29) is 12.8 Å². The molecule has 2 aromatic carbocycles. The van der Waals surface area contributed by atoms with Crippen molar-refractivity contribution in [2.24, 2.45) is 5.92 Å². The lowest BCUT2D eigenvalue weighted by molar-refractivity contribution is -0.139. The molecule has 2 fully saturated rings. The van der Waals surface area contributed by atoms with Gasteiger partial charge < -0.3 is 10.1 Å². The number of nitrogens with zero attached hydrogens (tertiary/aromatic N) is 1. The van der Waals surface area contributed by atoms with E-state index in [4.69, 9.17) is 4.74 Å². The number of nitriles is 1. The molecule has 3 atom stereocenters. The van der Waals surface area contributed by atoms with Crippen LogP contribution in [0.3, 0.4) is 0 Å². The maximum absolute atomic E-state index is 13.5. The third-order valence-electron chi connectivity index (χ3n) is 6.09. The standard InChI is InChI=1S/C23H21F3N2O4S/c24-23(25,26)18-8-4-5-9-20(18)33(30,31)16-12-17(21(29)28-22(14-27)10-11-22)19(13-16)32-15-6-2-1-3-7-15/h1-9,16-17,19H,10-13H2,(H,28,29)/t16-,17-,19-/m1/s1. The van der Waals surface area contributed by atoms with Gasteiger partial charge in [0, 0.05) is 6.42 Å². The zero-order valence-electron chi connectivity index (χ0n) is 17.4. The summed E-state index contributed by atoms with van der Waals surface area (Å²) in [5.41, 5.74) is -2.20. The molecule has 1 N–H and O–H groups in total. The van der Waals surface area contributed by atoms with Gasteiger partial charge in [0.2, 0.25) is 5.91 Å². The molecule has 2 aliphatic rings. The maximum atomic E-state index is 13.5. The van der Waals surface area contributed by atoms with Crippen molar-refractivity contribution in [1.82, 2.24) is 5.32 Å². The van der Waals surface area contributed by atoms with E-state index >= 15 is 0 Å². The fraction of sp³-hybridized carbons (Fsp3) is 0.391. The lowest BCUT2D eigenvalue weighted by atomic mass is 10.0. The van der Waals surface area contributed by atoms with Crippen molar-refractivity contribution in [1.29, 1.82) is 5.26 Å². The Kier molecular flexibility index (Phi) is 5.86. The Labute approximate surface area is 189 Å². The van der Waals surface area contributed by atoms with Crippen LogP contribution < -0.4 is 10.1 Å². The van der Waals surface area contributed by atoms with Gasteiger partial charge in [-0.1, -0.05) is 30.3 Å². The van der Waals surface area contributed by atoms with E-state index < -0.39 is 55.2 Å². The third kappa shape index (κ3) is 4.69. The smallest absolute Gasteiger partial charge is 0.417 e. The Balaban J connectivity index is 1.65. The zero-order chi connectivity index (χ0) is 23.9. The van der Waals surface area contributed by atoms with Crippen LogP contribution >= 0.6 is 0 Å². The first-order valence-electron chi connectivity index (χ1n) is 10.4. The Hall–Kier alpha value is -3.06. The van der Waals surface area contributed by atoms with E-state index in [0.29, 0.717) is 18.6 Å². The fourth-order valence-corrected chi connectivity index (χ4v) is 6.16. The van der Waals surface area contributed by atoms with Gasteiger partial charge >= 0.3 is 6.18 Å². The number of halogens is 3. The molecule has 2 aliphatic carbocycles. The quantitative estimate of drug-likeness (QED) is 0.680. The molecule has 0 heterocycles. The number of ether oxygens (including phenoxy) is 1. The lowest BCUT2D eigenvalue weighted by Crippen LogP contribution is -2.43. The molecule has 0 aliphatic heterocycles. The van der Waals surface area contributed by atoms with E-state index in [0.717, 1.165) is 18.2 Å². The van der Waals surface area contributed by atoms with Crippen LogP contribution in [0.1, 0.15) is 31.2 Å². The number of carbonyl (C=O) groups excluding carboxylic acids is 1. The highest BCUT2D eigenvalue weighted by molar-refractivity contribution is 7.92. The largest absolute Gasteiger partial charge is 0.490 e. The number of rotatable bonds is 6. The summed E-state index contributed by atoms with van der Waals surface area (Å²) in [6, 6.07) is 14.6. The van der Waals surface area contributed by atoms with E-state index in [1.54, 1.807) is 30.3 Å². The number of hydrogen-bond donors (Lipinski definition) is 1. The molecule has 10 heteroatoms. The van der Waals surface area contributed by atoms with Gasteiger partial charge in [-0.25, -0.2) is 8.42 Å². The van der Waals surface area contributed by atoms with E-state index in [1.165, 1.54) is 6.07 Å². The van der Waals surface area contributed by atoms with Gasteiger partial charge in [0.25, 0.3) is 0 Å². The molecule has 0 spiro atoms. The number of carbonyl (C=O) groups is 1. The summed E-state index contributed by atoms with van der Waals surface area (Å²) in [5, 5.41) is 10.7. The van der Waals surface area contributed by atoms with Crippen molar-refractivity contribution < 1.29 is 31.1 Å². The summed E-state index contributed by atoms with van der Waals surface area (Å²) in [4.78, 5) is 12.2. The molecule has 0 radical (unpaired) electrons. The lowest BCUT2D eigenvalue weighted by Gasteiger charge is -2.21. The number of hydrogen-bond acceptors (Lipinski definition) is 5. The van der Waals surface area contributed by atoms with Crippen molar-refractivity contribution >= 4 is 15.7 Å². The molecule has 2 aromatic rings. The highest BCUT2D eigenvalue weighted by Crippen LogP contribution is 2.42. The summed E-state index contributed by atoms with van der Waals surface area (Å²) >= 11 is 0. The maximum Gasteiger partial charge on any atom is 0.417 e. The number of nitrogens with one attached hydrogen (secondary N) is 1. The summed E-state index contributed by atoms with van der Waals surface area (Å²) in [5.74, 6) is -1.05. The molecule has 2 saturated carbocycles. The number of sulfone groups is 1. The second kappa shape index (κ2) is 8.37. The van der Waals surface area contributed by atoms with Crippen LogP contribution in [-0.2, 0) is 20.8 Å². The van der Waals surface area contributed by atoms with Crippen molar-refractivity contribution in [3.8, 4) is 11.8 Å². The van der Waals surface area contributed by atoms with Gasteiger partial charge in [-0.05, 0) is 43.5 Å². The van der Waals surface area contributed by atoms with Crippen molar-refractivity contribution in [3.63, 3.8) is 0 Å². The van der Waals surface area contributed by atoms with Crippen molar-refractivity contribution in [2.75, 3.05) is 0 Å². The van der Waals surface area contributed by atoms with Gasteiger partial charge in [-0.3, -0.25) is 4.79 Å². The first-order chi connectivity index (χ1) is 15.6. The van der Waals surface area contributed by atoms with Crippen LogP contribution in [0.15, 0.2) is 59.5 Å². The Morgan fingerprint density at radius 2 is 1.70 bits per heavy atom. The number of amides is 1. The second-order valence-electron chi connectivity index (χ2n) is 8.39. The highest BCUT2D eigenvalue weighted by atomic mass is 32.2. The third-order valence-corrected chi connectivity index (χ3v) is 8.32. The van der Waals surface area contributed by atoms with Crippen LogP contribution in [0.25, 0.3) is 0 Å². The van der Waals surface area contributed by atoms with Crippen LogP contribution in [-0.4, -0.2) is 31.2 Å². The number of alkyl halides is 3. The Morgan fingerprint density at radius 3 is 2.30 bits per heavy atom. The number of benzene rings is 2. The minimum Gasteiger partial charge on any atom is -0.490 e. The minimum absolute atomic E-state index is 0.152. The van der Waals surface area contributed by atoms with Gasteiger partial charge in [-0.15, -0.1) is 0 Å². The van der Waals surface area contributed by atoms with E-state index in [2.05, 4.69) is 5.32 Å². The number of para-hydroxylation sites is 1. The van der Waals surface area contributed by atoms with Crippen LogP contribution in [0, 0.1) is 17.2 Å². The Morgan fingerprint density at radius 1 is 1.06 bits per heavy atom.